The number of rotatable bonds is 9. The molecule has 7 rings (SSSR count). The van der Waals surface area contributed by atoms with Crippen LogP contribution in [0.4, 0.5) is 5.69 Å². The first kappa shape index (κ1) is 33.4. The Balaban J connectivity index is 1.06. The summed E-state index contributed by atoms with van der Waals surface area (Å²) in [4.78, 5) is 29.7. The summed E-state index contributed by atoms with van der Waals surface area (Å²) in [5, 5.41) is 4.10. The molecule has 1 aliphatic carbocycles. The predicted molar refractivity (Wildman–Crippen MR) is 194 cm³/mol. The van der Waals surface area contributed by atoms with Crippen LogP contribution in [-0.2, 0) is 42.1 Å². The second kappa shape index (κ2) is 13.6. The van der Waals surface area contributed by atoms with E-state index in [0.29, 0.717) is 17.9 Å². The summed E-state index contributed by atoms with van der Waals surface area (Å²) in [6.07, 6.45) is 4.68. The molecular weight excluding hydrogens is 632 g/mol. The van der Waals surface area contributed by atoms with Crippen molar-refractivity contribution in [1.29, 1.82) is 0 Å². The highest BCUT2D eigenvalue weighted by Crippen LogP contribution is 2.51. The minimum atomic E-state index is -0.678. The number of benzene rings is 4. The summed E-state index contributed by atoms with van der Waals surface area (Å²) in [6.45, 7) is 7.17. The summed E-state index contributed by atoms with van der Waals surface area (Å²) in [7, 11) is 0. The molecule has 3 aliphatic rings. The number of nitrogens with one attached hydrogen (secondary N) is 1. The van der Waals surface area contributed by atoms with Gasteiger partial charge in [-0.1, -0.05) is 90.0 Å². The van der Waals surface area contributed by atoms with Crippen LogP contribution >= 0.6 is 11.6 Å². The van der Waals surface area contributed by atoms with E-state index in [4.69, 9.17) is 21.1 Å². The summed E-state index contributed by atoms with van der Waals surface area (Å²) in [5.41, 5.74) is 5.50. The van der Waals surface area contributed by atoms with Gasteiger partial charge in [-0.05, 0) is 91.9 Å². The molecule has 4 aromatic rings. The number of carbonyl (C=O) groups is 2. The lowest BCUT2D eigenvalue weighted by Crippen LogP contribution is -2.46. The van der Waals surface area contributed by atoms with Gasteiger partial charge in [0.2, 0.25) is 0 Å². The van der Waals surface area contributed by atoms with Gasteiger partial charge in [-0.3, -0.25) is 9.59 Å². The Hall–Kier alpha value is -4.13. The van der Waals surface area contributed by atoms with Crippen LogP contribution < -0.4 is 10.2 Å². The molecule has 6 nitrogen and oxygen atoms in total. The topological polar surface area (TPSA) is 67.9 Å². The maximum atomic E-state index is 13.8. The average Bonchev–Trinajstić information content (AvgIpc) is 3.94. The van der Waals surface area contributed by atoms with Gasteiger partial charge in [0.1, 0.15) is 11.2 Å². The Morgan fingerprint density at radius 1 is 0.714 bits per heavy atom. The Bertz CT molecular complexity index is 1790. The van der Waals surface area contributed by atoms with Gasteiger partial charge in [0.15, 0.2) is 0 Å². The summed E-state index contributed by atoms with van der Waals surface area (Å²) in [6, 6.07) is 32.6. The first-order valence-corrected chi connectivity index (χ1v) is 18.0. The van der Waals surface area contributed by atoms with Crippen LogP contribution in [0.25, 0.3) is 0 Å². The molecule has 2 heterocycles. The first-order valence-electron chi connectivity index (χ1n) is 17.6. The lowest BCUT2D eigenvalue weighted by Gasteiger charge is -2.43. The molecule has 7 heteroatoms. The van der Waals surface area contributed by atoms with Crippen molar-refractivity contribution in [3.63, 3.8) is 0 Å². The van der Waals surface area contributed by atoms with Gasteiger partial charge in [0.25, 0.3) is 0 Å². The molecule has 1 saturated carbocycles. The molecule has 4 aromatic carbocycles. The zero-order chi connectivity index (χ0) is 34.1. The largest absolute Gasteiger partial charge is 0.454 e. The molecular formula is C42H45ClN2O4. The van der Waals surface area contributed by atoms with Crippen LogP contribution in [0, 0.1) is 13.8 Å². The molecule has 0 spiro atoms. The van der Waals surface area contributed by atoms with E-state index in [0.717, 1.165) is 90.9 Å². The second-order valence-corrected chi connectivity index (χ2v) is 14.6. The fourth-order valence-electron chi connectivity index (χ4n) is 7.75. The van der Waals surface area contributed by atoms with Crippen molar-refractivity contribution < 1.29 is 19.1 Å². The second-order valence-electron chi connectivity index (χ2n) is 14.2. The van der Waals surface area contributed by atoms with E-state index in [9.17, 15) is 9.59 Å². The maximum Gasteiger partial charge on any atom is 0.317 e. The minimum absolute atomic E-state index is 0.138. The van der Waals surface area contributed by atoms with Crippen molar-refractivity contribution in [1.82, 2.24) is 5.32 Å². The number of esters is 2. The summed E-state index contributed by atoms with van der Waals surface area (Å²) >= 11 is 6.14. The SMILES string of the molecule is Cc1ccc(C)c(CC(=O)OC2(c3ccccc3)CCN(c3ccc(C4(OC(=O)C5(c6ccc(Cl)cc6)CC5)CCNCC4)cc3)CC2)c1. The van der Waals surface area contributed by atoms with E-state index in [-0.39, 0.29) is 18.4 Å². The van der Waals surface area contributed by atoms with E-state index in [2.05, 4.69) is 64.8 Å². The van der Waals surface area contributed by atoms with Gasteiger partial charge in [0, 0.05) is 49.5 Å². The minimum Gasteiger partial charge on any atom is -0.454 e. The summed E-state index contributed by atoms with van der Waals surface area (Å²) < 4.78 is 13.0. The first-order chi connectivity index (χ1) is 23.7. The molecule has 1 N–H and O–H groups in total. The van der Waals surface area contributed by atoms with Crippen LogP contribution in [-0.4, -0.2) is 38.1 Å². The number of carbonyl (C=O) groups excluding carboxylic acids is 2. The smallest absolute Gasteiger partial charge is 0.317 e. The van der Waals surface area contributed by atoms with Crippen LogP contribution in [0.2, 0.25) is 5.02 Å². The number of anilines is 1. The third-order valence-electron chi connectivity index (χ3n) is 11.0. The fraction of sp³-hybridized carbons (Fsp3) is 0.381. The van der Waals surface area contributed by atoms with E-state index < -0.39 is 16.6 Å². The maximum absolute atomic E-state index is 13.8. The molecule has 0 bridgehead atoms. The van der Waals surface area contributed by atoms with Gasteiger partial charge in [-0.2, -0.15) is 0 Å². The number of hydrogen-bond acceptors (Lipinski definition) is 6. The molecule has 0 amide bonds. The third kappa shape index (κ3) is 6.86. The van der Waals surface area contributed by atoms with Crippen LogP contribution in [0.15, 0.2) is 97.1 Å². The molecule has 49 heavy (non-hydrogen) atoms. The van der Waals surface area contributed by atoms with E-state index in [1.165, 1.54) is 0 Å². The molecule has 0 radical (unpaired) electrons. The monoisotopic (exact) mass is 676 g/mol. The predicted octanol–water partition coefficient (Wildman–Crippen LogP) is 8.09. The van der Waals surface area contributed by atoms with Gasteiger partial charge >= 0.3 is 11.9 Å². The van der Waals surface area contributed by atoms with Gasteiger partial charge < -0.3 is 19.7 Å². The quantitative estimate of drug-likeness (QED) is 0.181. The number of piperidine rings is 2. The molecule has 3 fully saturated rings. The Morgan fingerprint density at radius 2 is 1.33 bits per heavy atom. The molecule has 0 aromatic heterocycles. The van der Waals surface area contributed by atoms with Crippen molar-refractivity contribution in [3.05, 3.63) is 135 Å². The number of hydrogen-bond donors (Lipinski definition) is 1. The third-order valence-corrected chi connectivity index (χ3v) is 11.3. The Morgan fingerprint density at radius 3 is 1.98 bits per heavy atom. The highest BCUT2D eigenvalue weighted by atomic mass is 35.5. The van der Waals surface area contributed by atoms with E-state index >= 15 is 0 Å². The average molecular weight is 677 g/mol. The van der Waals surface area contributed by atoms with Gasteiger partial charge in [-0.25, -0.2) is 0 Å². The van der Waals surface area contributed by atoms with Crippen LogP contribution in [0.1, 0.15) is 71.9 Å². The van der Waals surface area contributed by atoms with E-state index in [1.807, 2.05) is 56.3 Å². The normalized spacial score (nSPS) is 19.1. The zero-order valence-corrected chi connectivity index (χ0v) is 29.2. The summed E-state index contributed by atoms with van der Waals surface area (Å²) in [5.74, 6) is -0.331. The molecule has 0 atom stereocenters. The standard InChI is InChI=1S/C42H45ClN2O4/c1-30-8-9-31(2)32(28-30)29-38(46)48-42(34-6-4-3-5-7-34)22-26-45(27-23-42)37-16-12-35(13-17-37)41(20-24-44-25-21-41)49-39(47)40(18-19-40)33-10-14-36(43)15-11-33/h3-17,28,44H,18-27,29H2,1-2H3. The zero-order valence-electron chi connectivity index (χ0n) is 28.5. The van der Waals surface area contributed by atoms with Crippen molar-refractivity contribution >= 4 is 29.2 Å². The van der Waals surface area contributed by atoms with Crippen LogP contribution in [0.5, 0.6) is 0 Å². The molecule has 2 aliphatic heterocycles. The Kier molecular flexibility index (Phi) is 9.29. The van der Waals surface area contributed by atoms with Crippen molar-refractivity contribution in [3.8, 4) is 0 Å². The van der Waals surface area contributed by atoms with Crippen molar-refractivity contribution in [2.75, 3.05) is 31.1 Å². The molecule has 2 saturated heterocycles. The van der Waals surface area contributed by atoms with Crippen molar-refractivity contribution in [2.45, 2.75) is 75.4 Å². The number of nitrogens with zero attached hydrogens (tertiary/aromatic N) is 1. The number of halogens is 1. The van der Waals surface area contributed by atoms with Gasteiger partial charge in [0.05, 0.1) is 11.8 Å². The van der Waals surface area contributed by atoms with Gasteiger partial charge in [-0.15, -0.1) is 0 Å². The number of ether oxygens (including phenoxy) is 2. The highest BCUT2D eigenvalue weighted by Gasteiger charge is 2.55. The highest BCUT2D eigenvalue weighted by molar-refractivity contribution is 6.30. The molecule has 0 unspecified atom stereocenters. The van der Waals surface area contributed by atoms with Crippen LogP contribution in [0.3, 0.4) is 0 Å². The van der Waals surface area contributed by atoms with Crippen molar-refractivity contribution in [2.24, 2.45) is 0 Å². The number of aryl methyl sites for hydroxylation is 2. The fourth-order valence-corrected chi connectivity index (χ4v) is 7.88. The lowest BCUT2D eigenvalue weighted by molar-refractivity contribution is -0.168. The lowest BCUT2D eigenvalue weighted by atomic mass is 9.83. The van der Waals surface area contributed by atoms with E-state index in [1.54, 1.807) is 0 Å². The molecule has 254 valence electrons. The Labute approximate surface area is 294 Å².